The van der Waals surface area contributed by atoms with Crippen LogP contribution in [0.5, 0.6) is 0 Å². The van der Waals surface area contributed by atoms with E-state index in [9.17, 15) is 22.4 Å². The van der Waals surface area contributed by atoms with Gasteiger partial charge in [-0.05, 0) is 18.2 Å². The zero-order chi connectivity index (χ0) is 15.9. The normalized spacial score (nSPS) is 25.2. The van der Waals surface area contributed by atoms with Crippen molar-refractivity contribution in [2.75, 3.05) is 26.2 Å². The van der Waals surface area contributed by atoms with Gasteiger partial charge >= 0.3 is 6.18 Å². The molecule has 0 aliphatic carbocycles. The fourth-order valence-electron chi connectivity index (χ4n) is 2.86. The molecule has 0 radical (unpaired) electrons. The highest BCUT2D eigenvalue weighted by Gasteiger charge is 2.40. The highest BCUT2D eigenvalue weighted by molar-refractivity contribution is 5.95. The van der Waals surface area contributed by atoms with Gasteiger partial charge in [0.15, 0.2) is 0 Å². The first-order valence-electron chi connectivity index (χ1n) is 6.88. The maximum atomic E-state index is 13.8. The number of carbonyl (C=O) groups excluding carboxylic acids is 1. The average Bonchev–Trinajstić information content (AvgIpc) is 2.94. The predicted octanol–water partition coefficient (Wildman–Crippen LogP) is 1.66. The van der Waals surface area contributed by atoms with Crippen LogP contribution in [-0.2, 0) is 10.9 Å². The Hall–Kier alpha value is -1.67. The summed E-state index contributed by atoms with van der Waals surface area (Å²) in [6.45, 7) is 1.57. The Bertz CT molecular complexity index is 591. The number of nitrogens with zero attached hydrogens (tertiary/aromatic N) is 1. The van der Waals surface area contributed by atoms with Crippen LogP contribution in [0.1, 0.15) is 15.9 Å². The van der Waals surface area contributed by atoms with Crippen LogP contribution in [0.4, 0.5) is 17.6 Å². The Kier molecular flexibility index (Phi) is 3.82. The van der Waals surface area contributed by atoms with Gasteiger partial charge in [0.05, 0.1) is 29.9 Å². The molecule has 0 aromatic heterocycles. The second kappa shape index (κ2) is 5.51. The highest BCUT2D eigenvalue weighted by Crippen LogP contribution is 2.31. The molecular weight excluding hydrogens is 304 g/mol. The largest absolute Gasteiger partial charge is 0.416 e. The fourth-order valence-corrected chi connectivity index (χ4v) is 2.86. The Morgan fingerprint density at radius 2 is 2.09 bits per heavy atom. The summed E-state index contributed by atoms with van der Waals surface area (Å²) in [5, 5.41) is 3.06. The molecule has 2 aliphatic heterocycles. The number of amides is 1. The molecule has 0 saturated carbocycles. The van der Waals surface area contributed by atoms with E-state index in [-0.39, 0.29) is 25.3 Å². The molecule has 2 heterocycles. The number of carbonyl (C=O) groups is 1. The number of morpholine rings is 1. The number of halogens is 4. The van der Waals surface area contributed by atoms with Crippen molar-refractivity contribution < 1.29 is 27.1 Å². The van der Waals surface area contributed by atoms with Crippen LogP contribution >= 0.6 is 0 Å². The minimum absolute atomic E-state index is 0.202. The predicted molar refractivity (Wildman–Crippen MR) is 68.8 cm³/mol. The molecule has 2 saturated heterocycles. The molecule has 22 heavy (non-hydrogen) atoms. The molecule has 1 amide bonds. The quantitative estimate of drug-likeness (QED) is 0.801. The van der Waals surface area contributed by atoms with Gasteiger partial charge in [0, 0.05) is 19.6 Å². The maximum absolute atomic E-state index is 13.8. The van der Waals surface area contributed by atoms with Crippen molar-refractivity contribution in [2.24, 2.45) is 0 Å². The molecule has 4 nitrogen and oxygen atoms in total. The smallest absolute Gasteiger partial charge is 0.373 e. The summed E-state index contributed by atoms with van der Waals surface area (Å²) >= 11 is 0. The molecule has 0 spiro atoms. The summed E-state index contributed by atoms with van der Waals surface area (Å²) in [5.74, 6) is -1.68. The lowest BCUT2D eigenvalue weighted by atomic mass is 10.1. The van der Waals surface area contributed by atoms with Crippen molar-refractivity contribution in [3.63, 3.8) is 0 Å². The van der Waals surface area contributed by atoms with Gasteiger partial charge in [-0.3, -0.25) is 4.79 Å². The van der Waals surface area contributed by atoms with Gasteiger partial charge in [-0.2, -0.15) is 13.2 Å². The summed E-state index contributed by atoms with van der Waals surface area (Å²) in [6.07, 6.45) is -4.82. The van der Waals surface area contributed by atoms with E-state index in [0.717, 1.165) is 0 Å². The minimum Gasteiger partial charge on any atom is -0.373 e. The summed E-state index contributed by atoms with van der Waals surface area (Å²) in [5.41, 5.74) is -1.59. The Balaban J connectivity index is 1.91. The van der Waals surface area contributed by atoms with Crippen molar-refractivity contribution >= 4 is 5.91 Å². The summed E-state index contributed by atoms with van der Waals surface area (Å²) in [6, 6.07) is 1.60. The topological polar surface area (TPSA) is 41.6 Å². The van der Waals surface area contributed by atoms with Gasteiger partial charge in [-0.25, -0.2) is 4.39 Å². The van der Waals surface area contributed by atoms with Crippen molar-refractivity contribution in [3.8, 4) is 0 Å². The van der Waals surface area contributed by atoms with Crippen LogP contribution < -0.4 is 5.32 Å². The van der Waals surface area contributed by atoms with Crippen molar-refractivity contribution in [2.45, 2.75) is 18.3 Å². The molecule has 2 fully saturated rings. The third kappa shape index (κ3) is 2.68. The van der Waals surface area contributed by atoms with Gasteiger partial charge in [0.2, 0.25) is 0 Å². The van der Waals surface area contributed by atoms with Gasteiger partial charge in [0.1, 0.15) is 5.82 Å². The first-order chi connectivity index (χ1) is 10.4. The standard InChI is InChI=1S/C14H14F4N2O2/c15-10-2-1-8(14(16,17)18)5-9(10)13(21)20-3-4-22-12-7-19-6-11(12)20/h1-2,5,11-12,19H,3-4,6-7H2/t11-,12+/m1/s1. The second-order valence-electron chi connectivity index (χ2n) is 5.33. The van der Waals surface area contributed by atoms with Crippen LogP contribution in [0.15, 0.2) is 18.2 Å². The van der Waals surface area contributed by atoms with E-state index in [1.54, 1.807) is 0 Å². The van der Waals surface area contributed by atoms with Gasteiger partial charge in [-0.1, -0.05) is 0 Å². The first-order valence-corrected chi connectivity index (χ1v) is 6.88. The molecule has 1 aromatic carbocycles. The van der Waals surface area contributed by atoms with Crippen molar-refractivity contribution in [1.29, 1.82) is 0 Å². The van der Waals surface area contributed by atoms with E-state index in [1.807, 2.05) is 0 Å². The average molecular weight is 318 g/mol. The molecular formula is C14H14F4N2O2. The van der Waals surface area contributed by atoms with Gasteiger partial charge in [0.25, 0.3) is 5.91 Å². The molecule has 1 aromatic rings. The van der Waals surface area contributed by atoms with E-state index in [1.165, 1.54) is 4.90 Å². The summed E-state index contributed by atoms with van der Waals surface area (Å²) < 4.78 is 57.6. The molecule has 3 rings (SSSR count). The van der Waals surface area contributed by atoms with Crippen LogP contribution in [0.3, 0.4) is 0 Å². The molecule has 0 unspecified atom stereocenters. The van der Waals surface area contributed by atoms with Crippen LogP contribution in [0, 0.1) is 5.82 Å². The Morgan fingerprint density at radius 3 is 2.82 bits per heavy atom. The molecule has 0 bridgehead atoms. The SMILES string of the molecule is O=C(c1cc(C(F)(F)F)ccc1F)N1CCO[C@H]2CNC[C@H]21. The Morgan fingerprint density at radius 1 is 1.32 bits per heavy atom. The lowest BCUT2D eigenvalue weighted by Gasteiger charge is -2.37. The molecule has 120 valence electrons. The molecule has 2 atom stereocenters. The summed E-state index contributed by atoms with van der Waals surface area (Å²) in [7, 11) is 0. The number of rotatable bonds is 1. The van der Waals surface area contributed by atoms with Crippen LogP contribution in [0.25, 0.3) is 0 Å². The minimum atomic E-state index is -4.62. The lowest BCUT2D eigenvalue weighted by Crippen LogP contribution is -2.53. The monoisotopic (exact) mass is 318 g/mol. The van der Waals surface area contributed by atoms with Crippen LogP contribution in [-0.4, -0.2) is 49.2 Å². The zero-order valence-electron chi connectivity index (χ0n) is 11.5. The number of alkyl halides is 3. The third-order valence-electron chi connectivity index (χ3n) is 3.98. The fraction of sp³-hybridized carbons (Fsp3) is 0.500. The third-order valence-corrected chi connectivity index (χ3v) is 3.98. The number of nitrogens with one attached hydrogen (secondary N) is 1. The number of benzene rings is 1. The van der Waals surface area contributed by atoms with Crippen molar-refractivity contribution in [3.05, 3.63) is 35.1 Å². The van der Waals surface area contributed by atoms with Crippen molar-refractivity contribution in [1.82, 2.24) is 10.2 Å². The van der Waals surface area contributed by atoms with E-state index in [4.69, 9.17) is 4.74 Å². The second-order valence-corrected chi connectivity index (χ2v) is 5.33. The number of hydrogen-bond donors (Lipinski definition) is 1. The molecule has 1 N–H and O–H groups in total. The number of hydrogen-bond acceptors (Lipinski definition) is 3. The zero-order valence-corrected chi connectivity index (χ0v) is 11.5. The van der Waals surface area contributed by atoms with E-state index in [2.05, 4.69) is 5.32 Å². The van der Waals surface area contributed by atoms with Gasteiger partial charge < -0.3 is 15.0 Å². The maximum Gasteiger partial charge on any atom is 0.416 e. The van der Waals surface area contributed by atoms with E-state index >= 15 is 0 Å². The van der Waals surface area contributed by atoms with Gasteiger partial charge in [-0.15, -0.1) is 0 Å². The molecule has 2 aliphatic rings. The van der Waals surface area contributed by atoms with E-state index in [0.29, 0.717) is 31.3 Å². The highest BCUT2D eigenvalue weighted by atomic mass is 19.4. The summed E-state index contributed by atoms with van der Waals surface area (Å²) in [4.78, 5) is 13.9. The first kappa shape index (κ1) is 15.2. The number of ether oxygens (including phenoxy) is 1. The molecule has 8 heteroatoms. The lowest BCUT2D eigenvalue weighted by molar-refractivity contribution is -0.137. The Labute approximate surface area is 124 Å². The van der Waals surface area contributed by atoms with E-state index < -0.39 is 29.0 Å². The number of fused-ring (bicyclic) bond motifs is 1. The van der Waals surface area contributed by atoms with Crippen LogP contribution in [0.2, 0.25) is 0 Å².